The van der Waals surface area contributed by atoms with Crippen molar-refractivity contribution < 1.29 is 0 Å². The van der Waals surface area contributed by atoms with Crippen molar-refractivity contribution in [1.82, 2.24) is 0 Å². The van der Waals surface area contributed by atoms with Gasteiger partial charge in [-0.2, -0.15) is 23.5 Å². The standard InChI is InChI=1S/C8H14S2/c1-3-4-7-10-8-5-6-9-2/h1H,4-8H2,2H3. The zero-order valence-corrected chi connectivity index (χ0v) is 8.06. The van der Waals surface area contributed by atoms with Gasteiger partial charge in [0.05, 0.1) is 0 Å². The van der Waals surface area contributed by atoms with Crippen molar-refractivity contribution in [3.63, 3.8) is 0 Å². The van der Waals surface area contributed by atoms with Crippen LogP contribution >= 0.6 is 23.5 Å². The van der Waals surface area contributed by atoms with E-state index in [0.717, 1.165) is 12.2 Å². The SMILES string of the molecule is C#CCCSCCCSC. The minimum absolute atomic E-state index is 0.921. The van der Waals surface area contributed by atoms with Gasteiger partial charge in [-0.3, -0.25) is 0 Å². The molecule has 0 amide bonds. The third-order valence-electron chi connectivity index (χ3n) is 1.03. The molecule has 0 saturated carbocycles. The quantitative estimate of drug-likeness (QED) is 0.448. The Hall–Kier alpha value is 0.260. The summed E-state index contributed by atoms with van der Waals surface area (Å²) < 4.78 is 0. The highest BCUT2D eigenvalue weighted by molar-refractivity contribution is 7.99. The zero-order valence-electron chi connectivity index (χ0n) is 6.43. The van der Waals surface area contributed by atoms with Gasteiger partial charge in [-0.25, -0.2) is 0 Å². The number of terminal acetylenes is 1. The van der Waals surface area contributed by atoms with Crippen molar-refractivity contribution in [2.24, 2.45) is 0 Å². The number of thioether (sulfide) groups is 2. The van der Waals surface area contributed by atoms with Gasteiger partial charge in [-0.15, -0.1) is 12.3 Å². The molecule has 0 N–H and O–H groups in total. The van der Waals surface area contributed by atoms with Crippen LogP contribution in [0, 0.1) is 12.3 Å². The van der Waals surface area contributed by atoms with Gasteiger partial charge in [0.2, 0.25) is 0 Å². The van der Waals surface area contributed by atoms with Crippen LogP contribution in [-0.4, -0.2) is 23.5 Å². The van der Waals surface area contributed by atoms with Crippen LogP contribution in [0.4, 0.5) is 0 Å². The molecular formula is C8H14S2. The summed E-state index contributed by atoms with van der Waals surface area (Å²) in [6.45, 7) is 0. The molecule has 0 aliphatic rings. The maximum absolute atomic E-state index is 5.10. The van der Waals surface area contributed by atoms with E-state index in [1.807, 2.05) is 23.5 Å². The summed E-state index contributed by atoms with van der Waals surface area (Å²) in [4.78, 5) is 0. The summed E-state index contributed by atoms with van der Waals surface area (Å²) in [7, 11) is 0. The van der Waals surface area contributed by atoms with E-state index in [-0.39, 0.29) is 0 Å². The molecule has 0 spiro atoms. The molecule has 58 valence electrons. The van der Waals surface area contributed by atoms with Crippen molar-refractivity contribution in [3.8, 4) is 12.3 Å². The van der Waals surface area contributed by atoms with E-state index >= 15 is 0 Å². The lowest BCUT2D eigenvalue weighted by Crippen LogP contribution is -1.84. The van der Waals surface area contributed by atoms with Crippen molar-refractivity contribution in [2.45, 2.75) is 12.8 Å². The van der Waals surface area contributed by atoms with E-state index in [4.69, 9.17) is 6.42 Å². The Bertz CT molecular complexity index is 93.9. The molecule has 0 aromatic carbocycles. The molecule has 0 saturated heterocycles. The average Bonchev–Trinajstić information content (AvgIpc) is 1.97. The summed E-state index contributed by atoms with van der Waals surface area (Å²) in [5.41, 5.74) is 0. The second-order valence-electron chi connectivity index (χ2n) is 1.91. The molecule has 10 heavy (non-hydrogen) atoms. The Morgan fingerprint density at radius 2 is 2.10 bits per heavy atom. The topological polar surface area (TPSA) is 0 Å². The van der Waals surface area contributed by atoms with Gasteiger partial charge in [0.15, 0.2) is 0 Å². The fourth-order valence-electron chi connectivity index (χ4n) is 0.538. The summed E-state index contributed by atoms with van der Waals surface area (Å²) in [6.07, 6.45) is 9.48. The van der Waals surface area contributed by atoms with Crippen LogP contribution < -0.4 is 0 Å². The molecule has 0 unspecified atom stereocenters. The van der Waals surface area contributed by atoms with Crippen LogP contribution in [-0.2, 0) is 0 Å². The van der Waals surface area contributed by atoms with Crippen molar-refractivity contribution in [1.29, 1.82) is 0 Å². The van der Waals surface area contributed by atoms with Gasteiger partial charge in [-0.05, 0) is 24.2 Å². The van der Waals surface area contributed by atoms with E-state index in [1.165, 1.54) is 17.9 Å². The summed E-state index contributed by atoms with van der Waals surface area (Å²) in [5.74, 6) is 6.31. The lowest BCUT2D eigenvalue weighted by Gasteiger charge is -1.96. The van der Waals surface area contributed by atoms with Crippen LogP contribution in [0.15, 0.2) is 0 Å². The third-order valence-corrected chi connectivity index (χ3v) is 2.79. The Balaban J connectivity index is 2.72. The van der Waals surface area contributed by atoms with E-state index in [0.29, 0.717) is 0 Å². The summed E-state index contributed by atoms with van der Waals surface area (Å²) in [5, 5.41) is 0. The lowest BCUT2D eigenvalue weighted by molar-refractivity contribution is 1.12. The van der Waals surface area contributed by atoms with Crippen LogP contribution in [0.25, 0.3) is 0 Å². The molecule has 0 radical (unpaired) electrons. The molecule has 0 aromatic heterocycles. The number of rotatable bonds is 6. The third kappa shape index (κ3) is 8.26. The van der Waals surface area contributed by atoms with Gasteiger partial charge in [0, 0.05) is 12.2 Å². The predicted molar refractivity (Wildman–Crippen MR) is 53.8 cm³/mol. The molecule has 0 aromatic rings. The van der Waals surface area contributed by atoms with E-state index in [9.17, 15) is 0 Å². The fraction of sp³-hybridized carbons (Fsp3) is 0.750. The normalized spacial score (nSPS) is 9.20. The van der Waals surface area contributed by atoms with Crippen molar-refractivity contribution in [3.05, 3.63) is 0 Å². The second-order valence-corrected chi connectivity index (χ2v) is 4.12. The molecular weight excluding hydrogens is 160 g/mol. The first kappa shape index (κ1) is 10.3. The molecule has 0 aliphatic carbocycles. The van der Waals surface area contributed by atoms with Gasteiger partial charge < -0.3 is 0 Å². The first-order chi connectivity index (χ1) is 4.91. The first-order valence-corrected chi connectivity index (χ1v) is 5.97. The van der Waals surface area contributed by atoms with Gasteiger partial charge in [0.25, 0.3) is 0 Å². The summed E-state index contributed by atoms with van der Waals surface area (Å²) >= 11 is 3.87. The predicted octanol–water partition coefficient (Wildman–Crippen LogP) is 2.50. The smallest absolute Gasteiger partial charge is 0.0177 e. The highest BCUT2D eigenvalue weighted by atomic mass is 32.2. The molecule has 0 heterocycles. The van der Waals surface area contributed by atoms with Gasteiger partial charge in [-0.1, -0.05) is 0 Å². The minimum Gasteiger partial charge on any atom is -0.165 e. The molecule has 0 nitrogen and oxygen atoms in total. The zero-order chi connectivity index (χ0) is 7.66. The largest absolute Gasteiger partial charge is 0.165 e. The van der Waals surface area contributed by atoms with E-state index in [1.54, 1.807) is 0 Å². The molecule has 0 aliphatic heterocycles. The van der Waals surface area contributed by atoms with E-state index < -0.39 is 0 Å². The van der Waals surface area contributed by atoms with E-state index in [2.05, 4.69) is 12.2 Å². The number of hydrogen-bond donors (Lipinski definition) is 0. The van der Waals surface area contributed by atoms with Crippen LogP contribution in [0.1, 0.15) is 12.8 Å². The lowest BCUT2D eigenvalue weighted by atomic mass is 10.5. The van der Waals surface area contributed by atoms with Crippen molar-refractivity contribution >= 4 is 23.5 Å². The maximum Gasteiger partial charge on any atom is 0.0177 e. The van der Waals surface area contributed by atoms with Crippen LogP contribution in [0.3, 0.4) is 0 Å². The Kier molecular flexibility index (Phi) is 9.50. The Morgan fingerprint density at radius 3 is 2.70 bits per heavy atom. The molecule has 2 heteroatoms. The van der Waals surface area contributed by atoms with Crippen molar-refractivity contribution in [2.75, 3.05) is 23.5 Å². The van der Waals surface area contributed by atoms with Crippen LogP contribution in [0.2, 0.25) is 0 Å². The molecule has 0 fully saturated rings. The van der Waals surface area contributed by atoms with Crippen LogP contribution in [0.5, 0.6) is 0 Å². The molecule has 0 atom stereocenters. The fourth-order valence-corrected chi connectivity index (χ4v) is 1.97. The maximum atomic E-state index is 5.10. The van der Waals surface area contributed by atoms with Gasteiger partial charge >= 0.3 is 0 Å². The molecule has 0 bridgehead atoms. The average molecular weight is 174 g/mol. The Morgan fingerprint density at radius 1 is 1.30 bits per heavy atom. The monoisotopic (exact) mass is 174 g/mol. The highest BCUT2D eigenvalue weighted by Crippen LogP contribution is 2.06. The first-order valence-electron chi connectivity index (χ1n) is 3.42. The van der Waals surface area contributed by atoms with Gasteiger partial charge in [0.1, 0.15) is 0 Å². The summed E-state index contributed by atoms with van der Waals surface area (Å²) in [6, 6.07) is 0. The molecule has 0 rings (SSSR count). The number of hydrogen-bond acceptors (Lipinski definition) is 2. The second kappa shape index (κ2) is 9.26. The minimum atomic E-state index is 0.921. The highest BCUT2D eigenvalue weighted by Gasteiger charge is 1.86. The Labute approximate surface area is 72.5 Å².